The van der Waals surface area contributed by atoms with E-state index in [1.165, 1.54) is 33.9 Å². The Bertz CT molecular complexity index is 770. The van der Waals surface area contributed by atoms with E-state index in [0.717, 1.165) is 13.0 Å². The number of fused-ring (bicyclic) bond motifs is 1. The molecule has 23 heavy (non-hydrogen) atoms. The summed E-state index contributed by atoms with van der Waals surface area (Å²) in [6.07, 6.45) is 2.30. The number of rotatable bonds is 6. The van der Waals surface area contributed by atoms with Gasteiger partial charge in [-0.3, -0.25) is 0 Å². The van der Waals surface area contributed by atoms with Crippen molar-refractivity contribution in [3.8, 4) is 0 Å². The Balaban J connectivity index is 1.57. The number of hydrogen-bond donors (Lipinski definition) is 1. The minimum absolute atomic E-state index is 0.374. The normalized spacial score (nSPS) is 12.4. The van der Waals surface area contributed by atoms with E-state index in [4.69, 9.17) is 0 Å². The van der Waals surface area contributed by atoms with Gasteiger partial charge in [0.2, 0.25) is 0 Å². The molecule has 0 saturated heterocycles. The summed E-state index contributed by atoms with van der Waals surface area (Å²) in [5.74, 6) is 0. The van der Waals surface area contributed by atoms with Crippen molar-refractivity contribution in [1.29, 1.82) is 0 Å². The first kappa shape index (κ1) is 15.8. The summed E-state index contributed by atoms with van der Waals surface area (Å²) in [7, 11) is 0. The van der Waals surface area contributed by atoms with Crippen LogP contribution in [0.2, 0.25) is 0 Å². The molecule has 0 aromatic heterocycles. The third kappa shape index (κ3) is 4.00. The second kappa shape index (κ2) is 7.43. The zero-order chi connectivity index (χ0) is 16.1. The van der Waals surface area contributed by atoms with E-state index in [1.807, 2.05) is 0 Å². The fraction of sp³-hybridized carbons (Fsp3) is 0.273. The third-order valence-corrected chi connectivity index (χ3v) is 4.47. The molecule has 1 N–H and O–H groups in total. The fourth-order valence-corrected chi connectivity index (χ4v) is 3.22. The smallest absolute Gasteiger partial charge is 0.0297 e. The SMILES string of the molecule is Cc1cccc(CCCN[C@H](C)c2cccc3ccccc23)c1. The first-order valence-corrected chi connectivity index (χ1v) is 8.50. The Morgan fingerprint density at radius 3 is 2.57 bits per heavy atom. The van der Waals surface area contributed by atoms with E-state index in [1.54, 1.807) is 0 Å². The van der Waals surface area contributed by atoms with Gasteiger partial charge >= 0.3 is 0 Å². The topological polar surface area (TPSA) is 12.0 Å². The van der Waals surface area contributed by atoms with E-state index in [0.29, 0.717) is 6.04 Å². The molecule has 0 radical (unpaired) electrons. The first-order chi connectivity index (χ1) is 11.2. The van der Waals surface area contributed by atoms with Crippen LogP contribution in [0.4, 0.5) is 0 Å². The molecule has 3 aromatic carbocycles. The number of hydrogen-bond acceptors (Lipinski definition) is 1. The van der Waals surface area contributed by atoms with Crippen molar-refractivity contribution in [2.24, 2.45) is 0 Å². The molecular weight excluding hydrogens is 278 g/mol. The second-order valence-corrected chi connectivity index (χ2v) is 6.34. The summed E-state index contributed by atoms with van der Waals surface area (Å²) in [5, 5.41) is 6.35. The highest BCUT2D eigenvalue weighted by Crippen LogP contribution is 2.23. The summed E-state index contributed by atoms with van der Waals surface area (Å²) in [4.78, 5) is 0. The van der Waals surface area contributed by atoms with Gasteiger partial charge in [0.25, 0.3) is 0 Å². The van der Waals surface area contributed by atoms with Gasteiger partial charge < -0.3 is 5.32 Å². The zero-order valence-electron chi connectivity index (χ0n) is 14.0. The van der Waals surface area contributed by atoms with Gasteiger partial charge in [0.05, 0.1) is 0 Å². The Morgan fingerprint density at radius 2 is 1.70 bits per heavy atom. The summed E-state index contributed by atoms with van der Waals surface area (Å²) in [5.41, 5.74) is 4.17. The minimum atomic E-state index is 0.374. The highest BCUT2D eigenvalue weighted by atomic mass is 14.9. The molecule has 0 aliphatic carbocycles. The van der Waals surface area contributed by atoms with Crippen molar-refractivity contribution in [2.75, 3.05) is 6.54 Å². The molecule has 0 saturated carbocycles. The highest BCUT2D eigenvalue weighted by Gasteiger charge is 2.08. The van der Waals surface area contributed by atoms with Crippen LogP contribution in [0.25, 0.3) is 10.8 Å². The maximum Gasteiger partial charge on any atom is 0.0297 e. The van der Waals surface area contributed by atoms with E-state index in [2.05, 4.69) is 85.9 Å². The molecule has 0 fully saturated rings. The van der Waals surface area contributed by atoms with E-state index in [9.17, 15) is 0 Å². The predicted octanol–water partition coefficient (Wildman–Crippen LogP) is 5.43. The molecular formula is C22H25N. The lowest BCUT2D eigenvalue weighted by Crippen LogP contribution is -2.20. The van der Waals surface area contributed by atoms with Crippen molar-refractivity contribution in [2.45, 2.75) is 32.7 Å². The molecule has 0 spiro atoms. The molecule has 0 heterocycles. The lowest BCUT2D eigenvalue weighted by molar-refractivity contribution is 0.561. The van der Waals surface area contributed by atoms with Crippen molar-refractivity contribution in [1.82, 2.24) is 5.32 Å². The maximum atomic E-state index is 3.68. The lowest BCUT2D eigenvalue weighted by atomic mass is 9.99. The van der Waals surface area contributed by atoms with Crippen LogP contribution in [0.15, 0.2) is 66.7 Å². The molecule has 1 heteroatoms. The van der Waals surface area contributed by atoms with Crippen molar-refractivity contribution in [3.05, 3.63) is 83.4 Å². The van der Waals surface area contributed by atoms with Gasteiger partial charge in [-0.1, -0.05) is 72.3 Å². The molecule has 3 rings (SSSR count). The average Bonchev–Trinajstić information content (AvgIpc) is 2.58. The molecule has 118 valence electrons. The number of benzene rings is 3. The molecule has 1 atom stereocenters. The van der Waals surface area contributed by atoms with Crippen LogP contribution in [0.1, 0.15) is 36.1 Å². The van der Waals surface area contributed by atoms with Crippen LogP contribution in [0.3, 0.4) is 0 Å². The van der Waals surface area contributed by atoms with Crippen molar-refractivity contribution < 1.29 is 0 Å². The third-order valence-electron chi connectivity index (χ3n) is 4.47. The van der Waals surface area contributed by atoms with E-state index in [-0.39, 0.29) is 0 Å². The van der Waals surface area contributed by atoms with Gasteiger partial charge in [-0.15, -0.1) is 0 Å². The summed E-state index contributed by atoms with van der Waals surface area (Å²) >= 11 is 0. The first-order valence-electron chi connectivity index (χ1n) is 8.50. The number of nitrogens with one attached hydrogen (secondary N) is 1. The van der Waals surface area contributed by atoms with Crippen molar-refractivity contribution in [3.63, 3.8) is 0 Å². The number of aryl methyl sites for hydroxylation is 2. The van der Waals surface area contributed by atoms with Gasteiger partial charge in [0.1, 0.15) is 0 Å². The predicted molar refractivity (Wildman–Crippen MR) is 99.9 cm³/mol. The standard InChI is InChI=1S/C22H25N/c1-17-8-5-9-19(16-17)10-7-15-23-18(2)21-14-6-12-20-11-3-4-13-22(20)21/h3-6,8-9,11-14,16,18,23H,7,10,15H2,1-2H3/t18-/m1/s1. The maximum absolute atomic E-state index is 3.68. The monoisotopic (exact) mass is 303 g/mol. The molecule has 0 aliphatic heterocycles. The summed E-state index contributed by atoms with van der Waals surface area (Å²) < 4.78 is 0. The van der Waals surface area contributed by atoms with Crippen LogP contribution in [0, 0.1) is 6.92 Å². The van der Waals surface area contributed by atoms with Crippen LogP contribution in [0.5, 0.6) is 0 Å². The van der Waals surface area contributed by atoms with Crippen molar-refractivity contribution >= 4 is 10.8 Å². The van der Waals surface area contributed by atoms with Gasteiger partial charge in [-0.2, -0.15) is 0 Å². The Hall–Kier alpha value is -2.12. The molecule has 0 bridgehead atoms. The average molecular weight is 303 g/mol. The van der Waals surface area contributed by atoms with Gasteiger partial charge in [-0.25, -0.2) is 0 Å². The Labute approximate surface area is 139 Å². The zero-order valence-corrected chi connectivity index (χ0v) is 14.0. The molecule has 0 unspecified atom stereocenters. The Kier molecular flexibility index (Phi) is 5.09. The molecule has 1 nitrogen and oxygen atoms in total. The summed E-state index contributed by atoms with van der Waals surface area (Å²) in [6.45, 7) is 5.46. The molecule has 3 aromatic rings. The van der Waals surface area contributed by atoms with Crippen LogP contribution < -0.4 is 5.32 Å². The van der Waals surface area contributed by atoms with Crippen LogP contribution in [-0.2, 0) is 6.42 Å². The van der Waals surface area contributed by atoms with Crippen LogP contribution in [-0.4, -0.2) is 6.54 Å². The molecule has 0 aliphatic rings. The second-order valence-electron chi connectivity index (χ2n) is 6.34. The quantitative estimate of drug-likeness (QED) is 0.599. The van der Waals surface area contributed by atoms with E-state index >= 15 is 0 Å². The summed E-state index contributed by atoms with van der Waals surface area (Å²) in [6, 6.07) is 24.4. The minimum Gasteiger partial charge on any atom is -0.310 e. The fourth-order valence-electron chi connectivity index (χ4n) is 3.22. The largest absolute Gasteiger partial charge is 0.310 e. The Morgan fingerprint density at radius 1 is 0.913 bits per heavy atom. The van der Waals surface area contributed by atoms with Gasteiger partial charge in [0, 0.05) is 6.04 Å². The van der Waals surface area contributed by atoms with Gasteiger partial charge in [0.15, 0.2) is 0 Å². The van der Waals surface area contributed by atoms with Gasteiger partial charge in [-0.05, 0) is 55.1 Å². The lowest BCUT2D eigenvalue weighted by Gasteiger charge is -2.16. The van der Waals surface area contributed by atoms with E-state index < -0.39 is 0 Å². The van der Waals surface area contributed by atoms with Crippen LogP contribution >= 0.6 is 0 Å². The molecule has 0 amide bonds. The highest BCUT2D eigenvalue weighted by molar-refractivity contribution is 5.86.